The maximum absolute atomic E-state index is 11.7. The molecule has 1 heterocycles. The van der Waals surface area contributed by atoms with Crippen LogP contribution in [0.15, 0.2) is 29.1 Å². The summed E-state index contributed by atoms with van der Waals surface area (Å²) in [7, 11) is 1.56. The van der Waals surface area contributed by atoms with E-state index < -0.39 is 0 Å². The summed E-state index contributed by atoms with van der Waals surface area (Å²) >= 11 is 11.2. The molecule has 0 spiro atoms. The van der Waals surface area contributed by atoms with Crippen LogP contribution in [0.1, 0.15) is 0 Å². The Kier molecular flexibility index (Phi) is 4.59. The van der Waals surface area contributed by atoms with Gasteiger partial charge in [0.25, 0.3) is 5.56 Å². The van der Waals surface area contributed by atoms with E-state index in [2.05, 4.69) is 4.98 Å². The highest BCUT2D eigenvalue weighted by Gasteiger charge is 2.12. The average molecular weight is 312 g/mol. The zero-order valence-corrected chi connectivity index (χ0v) is 12.4. The minimum Gasteiger partial charge on any atom is -0.496 e. The van der Waals surface area contributed by atoms with Crippen LogP contribution in [0.5, 0.6) is 5.75 Å². The van der Waals surface area contributed by atoms with Crippen LogP contribution in [-0.4, -0.2) is 23.2 Å². The van der Waals surface area contributed by atoms with Crippen molar-refractivity contribution in [2.45, 2.75) is 6.54 Å². The molecule has 0 amide bonds. The fourth-order valence-corrected chi connectivity index (χ4v) is 2.44. The molecule has 0 aliphatic carbocycles. The van der Waals surface area contributed by atoms with Crippen LogP contribution < -0.4 is 16.0 Å². The van der Waals surface area contributed by atoms with Crippen molar-refractivity contribution in [1.29, 1.82) is 0 Å². The smallest absolute Gasteiger partial charge is 0.252 e. The summed E-state index contributed by atoms with van der Waals surface area (Å²) < 4.78 is 7.39. The van der Waals surface area contributed by atoms with Gasteiger partial charge in [-0.3, -0.25) is 9.78 Å². The molecule has 0 aliphatic heterocycles. The standard InChI is InChI=1S/C13H14ClN3O2S/c1-19-11-3-2-8(14)6-9(11)10-7-12(18)16-13(20)17(10)5-4-15/h2-3,6-7H,4-5,15H2,1H3,(H,16,18,20). The van der Waals surface area contributed by atoms with E-state index in [1.54, 1.807) is 29.9 Å². The zero-order chi connectivity index (χ0) is 14.7. The number of nitrogens with one attached hydrogen (secondary N) is 1. The lowest BCUT2D eigenvalue weighted by Crippen LogP contribution is -2.19. The van der Waals surface area contributed by atoms with Crippen LogP contribution in [0.3, 0.4) is 0 Å². The average Bonchev–Trinajstić information content (AvgIpc) is 2.41. The first-order valence-electron chi connectivity index (χ1n) is 5.95. The zero-order valence-electron chi connectivity index (χ0n) is 10.9. The van der Waals surface area contributed by atoms with E-state index in [1.165, 1.54) is 6.07 Å². The summed E-state index contributed by atoms with van der Waals surface area (Å²) in [5.74, 6) is 0.611. The van der Waals surface area contributed by atoms with Crippen molar-refractivity contribution < 1.29 is 4.74 Å². The molecule has 7 heteroatoms. The van der Waals surface area contributed by atoms with Gasteiger partial charge in [0.2, 0.25) is 0 Å². The van der Waals surface area contributed by atoms with Crippen molar-refractivity contribution in [3.05, 3.63) is 44.4 Å². The number of H-pyrrole nitrogens is 1. The lowest BCUT2D eigenvalue weighted by Gasteiger charge is -2.15. The van der Waals surface area contributed by atoms with Crippen LogP contribution in [0.25, 0.3) is 11.3 Å². The summed E-state index contributed by atoms with van der Waals surface area (Å²) in [6, 6.07) is 6.66. The Morgan fingerprint density at radius 1 is 1.45 bits per heavy atom. The summed E-state index contributed by atoms with van der Waals surface area (Å²) in [6.07, 6.45) is 0. The van der Waals surface area contributed by atoms with Crippen LogP contribution in [0.4, 0.5) is 0 Å². The first-order valence-corrected chi connectivity index (χ1v) is 6.73. The number of hydrogen-bond acceptors (Lipinski definition) is 4. The van der Waals surface area contributed by atoms with Crippen LogP contribution >= 0.6 is 23.8 Å². The number of aromatic nitrogens is 2. The Morgan fingerprint density at radius 2 is 2.20 bits per heavy atom. The number of hydrogen-bond donors (Lipinski definition) is 2. The molecule has 3 N–H and O–H groups in total. The van der Waals surface area contributed by atoms with Crippen molar-refractivity contribution >= 4 is 23.8 Å². The first kappa shape index (κ1) is 14.8. The molecule has 0 aliphatic rings. The van der Waals surface area contributed by atoms with Gasteiger partial charge in [0.05, 0.1) is 12.8 Å². The molecule has 106 valence electrons. The number of ether oxygens (including phenoxy) is 1. The lowest BCUT2D eigenvalue weighted by molar-refractivity contribution is 0.416. The summed E-state index contributed by atoms with van der Waals surface area (Å²) in [6.45, 7) is 0.886. The largest absolute Gasteiger partial charge is 0.496 e. The van der Waals surface area contributed by atoms with E-state index in [0.29, 0.717) is 39.9 Å². The number of benzene rings is 1. The van der Waals surface area contributed by atoms with Crippen molar-refractivity contribution in [2.75, 3.05) is 13.7 Å². The molecule has 0 unspecified atom stereocenters. The van der Waals surface area contributed by atoms with Gasteiger partial charge in [0, 0.05) is 29.7 Å². The van der Waals surface area contributed by atoms with Gasteiger partial charge < -0.3 is 15.0 Å². The third-order valence-corrected chi connectivity index (χ3v) is 3.38. The fourth-order valence-electron chi connectivity index (χ4n) is 1.98. The van der Waals surface area contributed by atoms with Crippen molar-refractivity contribution in [2.24, 2.45) is 5.73 Å². The van der Waals surface area contributed by atoms with E-state index >= 15 is 0 Å². The van der Waals surface area contributed by atoms with Gasteiger partial charge in [0.1, 0.15) is 5.75 Å². The first-order chi connectivity index (χ1) is 9.56. The van der Waals surface area contributed by atoms with Gasteiger partial charge >= 0.3 is 0 Å². The third kappa shape index (κ3) is 2.92. The Labute approximate surface area is 126 Å². The van der Waals surface area contributed by atoms with Crippen molar-refractivity contribution in [1.82, 2.24) is 9.55 Å². The van der Waals surface area contributed by atoms with E-state index in [0.717, 1.165) is 0 Å². The molecular formula is C13H14ClN3O2S. The topological polar surface area (TPSA) is 73.0 Å². The van der Waals surface area contributed by atoms with Gasteiger partial charge in [-0.05, 0) is 30.4 Å². The molecule has 0 bridgehead atoms. The Morgan fingerprint density at radius 3 is 2.85 bits per heavy atom. The fraction of sp³-hybridized carbons (Fsp3) is 0.231. The summed E-state index contributed by atoms with van der Waals surface area (Å²) in [5, 5.41) is 0.547. The van der Waals surface area contributed by atoms with E-state index in [1.807, 2.05) is 0 Å². The maximum Gasteiger partial charge on any atom is 0.252 e. The predicted molar refractivity (Wildman–Crippen MR) is 81.9 cm³/mol. The second-order valence-corrected chi connectivity index (χ2v) is 4.93. The van der Waals surface area contributed by atoms with Gasteiger partial charge in [0.15, 0.2) is 4.77 Å². The molecule has 1 aromatic heterocycles. The van der Waals surface area contributed by atoms with Crippen LogP contribution in [0, 0.1) is 4.77 Å². The second kappa shape index (κ2) is 6.21. The highest BCUT2D eigenvalue weighted by atomic mass is 35.5. The molecule has 0 radical (unpaired) electrons. The van der Waals surface area contributed by atoms with E-state index in [-0.39, 0.29) is 5.56 Å². The highest BCUT2D eigenvalue weighted by Crippen LogP contribution is 2.31. The number of nitrogens with zero attached hydrogens (tertiary/aromatic N) is 1. The minimum atomic E-state index is -0.277. The Hall–Kier alpha value is -1.63. The monoisotopic (exact) mass is 311 g/mol. The van der Waals surface area contributed by atoms with Gasteiger partial charge in [-0.15, -0.1) is 0 Å². The van der Waals surface area contributed by atoms with Crippen LogP contribution in [0.2, 0.25) is 5.02 Å². The molecule has 5 nitrogen and oxygen atoms in total. The normalized spacial score (nSPS) is 10.6. The molecule has 0 fully saturated rings. The molecule has 2 aromatic rings. The highest BCUT2D eigenvalue weighted by molar-refractivity contribution is 7.71. The number of rotatable bonds is 4. The van der Waals surface area contributed by atoms with Crippen LogP contribution in [-0.2, 0) is 6.54 Å². The number of methoxy groups -OCH3 is 1. The Bertz CT molecular complexity index is 739. The van der Waals surface area contributed by atoms with Crippen molar-refractivity contribution in [3.63, 3.8) is 0 Å². The van der Waals surface area contributed by atoms with Crippen molar-refractivity contribution in [3.8, 4) is 17.0 Å². The summed E-state index contributed by atoms with van der Waals surface area (Å²) in [5.41, 5.74) is 6.65. The molecule has 20 heavy (non-hydrogen) atoms. The number of halogens is 1. The number of nitrogens with two attached hydrogens (primary N) is 1. The number of aromatic amines is 1. The minimum absolute atomic E-state index is 0.277. The lowest BCUT2D eigenvalue weighted by atomic mass is 10.1. The molecular weight excluding hydrogens is 298 g/mol. The quantitative estimate of drug-likeness (QED) is 0.849. The molecule has 2 rings (SSSR count). The van der Waals surface area contributed by atoms with Gasteiger partial charge in [-0.2, -0.15) is 0 Å². The van der Waals surface area contributed by atoms with E-state index in [9.17, 15) is 4.79 Å². The molecule has 0 atom stereocenters. The SMILES string of the molecule is COc1ccc(Cl)cc1-c1cc(=O)[nH]c(=S)n1CCN. The summed E-state index contributed by atoms with van der Waals surface area (Å²) in [4.78, 5) is 14.3. The molecule has 0 saturated heterocycles. The molecule has 0 saturated carbocycles. The van der Waals surface area contributed by atoms with Gasteiger partial charge in [-0.1, -0.05) is 11.6 Å². The van der Waals surface area contributed by atoms with Gasteiger partial charge in [-0.25, -0.2) is 0 Å². The maximum atomic E-state index is 11.7. The Balaban J connectivity index is 2.77. The predicted octanol–water partition coefficient (Wildman–Crippen LogP) is 2.19. The van der Waals surface area contributed by atoms with E-state index in [4.69, 9.17) is 34.3 Å². The second-order valence-electron chi connectivity index (χ2n) is 4.11. The molecule has 1 aromatic carbocycles. The third-order valence-electron chi connectivity index (χ3n) is 2.82.